The highest BCUT2D eigenvalue weighted by atomic mass is 79.9. The Morgan fingerprint density at radius 3 is 2.53 bits per heavy atom. The molecular formula is C14H13BrClFN2. The minimum Gasteiger partial charge on any atom is -0.271 e. The number of rotatable bonds is 4. The van der Waals surface area contributed by atoms with Crippen LogP contribution in [0.25, 0.3) is 0 Å². The summed E-state index contributed by atoms with van der Waals surface area (Å²) < 4.78 is 14.9. The van der Waals surface area contributed by atoms with Gasteiger partial charge in [0.05, 0.1) is 11.1 Å². The lowest BCUT2D eigenvalue weighted by atomic mass is 9.99. The Balaban J connectivity index is 2.24. The third kappa shape index (κ3) is 3.54. The van der Waals surface area contributed by atoms with Crippen LogP contribution in [0.3, 0.4) is 0 Å². The van der Waals surface area contributed by atoms with Gasteiger partial charge in [0.1, 0.15) is 5.82 Å². The molecule has 3 N–H and O–H groups in total. The van der Waals surface area contributed by atoms with Crippen LogP contribution in [-0.2, 0) is 6.42 Å². The van der Waals surface area contributed by atoms with Crippen molar-refractivity contribution in [2.24, 2.45) is 5.84 Å². The Hall–Kier alpha value is -0.940. The van der Waals surface area contributed by atoms with Crippen molar-refractivity contribution >= 4 is 27.5 Å². The highest BCUT2D eigenvalue weighted by Gasteiger charge is 2.14. The molecular weight excluding hydrogens is 331 g/mol. The maximum absolute atomic E-state index is 13.9. The second-order valence-corrected chi connectivity index (χ2v) is 5.51. The molecule has 1 unspecified atom stereocenters. The first-order valence-electron chi connectivity index (χ1n) is 5.76. The molecule has 2 rings (SSSR count). The van der Waals surface area contributed by atoms with Crippen molar-refractivity contribution in [1.82, 2.24) is 5.43 Å². The van der Waals surface area contributed by atoms with Crippen LogP contribution in [0.4, 0.5) is 4.39 Å². The Morgan fingerprint density at radius 1 is 1.21 bits per heavy atom. The van der Waals surface area contributed by atoms with Crippen LogP contribution in [-0.4, -0.2) is 0 Å². The zero-order valence-corrected chi connectivity index (χ0v) is 12.4. The van der Waals surface area contributed by atoms with Gasteiger partial charge in [0.2, 0.25) is 0 Å². The largest absolute Gasteiger partial charge is 0.271 e. The van der Waals surface area contributed by atoms with Crippen molar-refractivity contribution in [2.75, 3.05) is 0 Å². The van der Waals surface area contributed by atoms with Gasteiger partial charge in [-0.1, -0.05) is 51.8 Å². The molecule has 0 heterocycles. The predicted molar refractivity (Wildman–Crippen MR) is 79.3 cm³/mol. The van der Waals surface area contributed by atoms with Crippen LogP contribution < -0.4 is 11.3 Å². The Bertz CT molecular complexity index is 560. The lowest BCUT2D eigenvalue weighted by Crippen LogP contribution is -2.29. The summed E-state index contributed by atoms with van der Waals surface area (Å²) in [6, 6.07) is 12.5. The number of hydrogen-bond donors (Lipinski definition) is 2. The molecule has 0 radical (unpaired) electrons. The fourth-order valence-electron chi connectivity index (χ4n) is 1.89. The summed E-state index contributed by atoms with van der Waals surface area (Å²) in [5.41, 5.74) is 4.24. The van der Waals surface area contributed by atoms with E-state index in [-0.39, 0.29) is 16.9 Å². The van der Waals surface area contributed by atoms with Crippen LogP contribution >= 0.6 is 27.5 Å². The van der Waals surface area contributed by atoms with Crippen molar-refractivity contribution in [3.63, 3.8) is 0 Å². The molecule has 19 heavy (non-hydrogen) atoms. The van der Waals surface area contributed by atoms with Crippen molar-refractivity contribution in [3.05, 3.63) is 68.9 Å². The molecule has 1 atom stereocenters. The van der Waals surface area contributed by atoms with E-state index in [9.17, 15) is 4.39 Å². The summed E-state index contributed by atoms with van der Waals surface area (Å²) in [7, 11) is 0. The quantitative estimate of drug-likeness (QED) is 0.651. The topological polar surface area (TPSA) is 38.0 Å². The smallest absolute Gasteiger partial charge is 0.145 e. The van der Waals surface area contributed by atoms with Crippen molar-refractivity contribution in [2.45, 2.75) is 12.5 Å². The number of halogens is 3. The predicted octanol–water partition coefficient (Wildman–Crippen LogP) is 3.99. The van der Waals surface area contributed by atoms with E-state index in [1.165, 1.54) is 6.07 Å². The molecule has 0 saturated heterocycles. The number of nitrogens with two attached hydrogens (primary N) is 1. The zero-order valence-electron chi connectivity index (χ0n) is 10.0. The molecule has 0 aliphatic carbocycles. The summed E-state index contributed by atoms with van der Waals surface area (Å²) in [4.78, 5) is 0. The van der Waals surface area contributed by atoms with E-state index < -0.39 is 0 Å². The van der Waals surface area contributed by atoms with E-state index in [0.29, 0.717) is 12.0 Å². The summed E-state index contributed by atoms with van der Waals surface area (Å²) in [6.07, 6.45) is 0.435. The highest BCUT2D eigenvalue weighted by Crippen LogP contribution is 2.24. The second-order valence-electron chi connectivity index (χ2n) is 4.19. The fourth-order valence-corrected chi connectivity index (χ4v) is 2.35. The molecule has 0 spiro atoms. The number of nitrogens with one attached hydrogen (secondary N) is 1. The molecule has 0 aliphatic heterocycles. The van der Waals surface area contributed by atoms with Gasteiger partial charge in [-0.2, -0.15) is 0 Å². The molecule has 100 valence electrons. The monoisotopic (exact) mass is 342 g/mol. The lowest BCUT2D eigenvalue weighted by Gasteiger charge is -2.17. The molecule has 2 aromatic carbocycles. The SMILES string of the molecule is NNC(Cc1cccc(Cl)c1F)c1ccc(Br)cc1. The zero-order chi connectivity index (χ0) is 13.8. The van der Waals surface area contributed by atoms with Crippen LogP contribution in [0.1, 0.15) is 17.2 Å². The highest BCUT2D eigenvalue weighted by molar-refractivity contribution is 9.10. The van der Waals surface area contributed by atoms with Gasteiger partial charge in [0.25, 0.3) is 0 Å². The first-order chi connectivity index (χ1) is 9.11. The first kappa shape index (κ1) is 14.5. The number of hydrogen-bond acceptors (Lipinski definition) is 2. The van der Waals surface area contributed by atoms with Crippen LogP contribution in [0.5, 0.6) is 0 Å². The van der Waals surface area contributed by atoms with Crippen LogP contribution in [0, 0.1) is 5.82 Å². The van der Waals surface area contributed by atoms with Gasteiger partial charge in [-0.25, -0.2) is 4.39 Å². The Kier molecular flexibility index (Phi) is 4.93. The number of benzene rings is 2. The van der Waals surface area contributed by atoms with Gasteiger partial charge in [-0.3, -0.25) is 11.3 Å². The minimum atomic E-state index is -0.387. The molecule has 2 aromatic rings. The van der Waals surface area contributed by atoms with E-state index in [2.05, 4.69) is 21.4 Å². The van der Waals surface area contributed by atoms with Gasteiger partial charge in [0.15, 0.2) is 0 Å². The van der Waals surface area contributed by atoms with Gasteiger partial charge in [-0.05, 0) is 35.7 Å². The minimum absolute atomic E-state index is 0.129. The second kappa shape index (κ2) is 6.48. The molecule has 0 amide bonds. The van der Waals surface area contributed by atoms with E-state index in [1.807, 2.05) is 24.3 Å². The summed E-state index contributed by atoms with van der Waals surface area (Å²) >= 11 is 9.15. The maximum atomic E-state index is 13.9. The van der Waals surface area contributed by atoms with Crippen LogP contribution in [0.15, 0.2) is 46.9 Å². The van der Waals surface area contributed by atoms with E-state index >= 15 is 0 Å². The summed E-state index contributed by atoms with van der Waals surface area (Å²) in [5.74, 6) is 5.17. The lowest BCUT2D eigenvalue weighted by molar-refractivity contribution is 0.529. The Morgan fingerprint density at radius 2 is 1.89 bits per heavy atom. The summed E-state index contributed by atoms with van der Waals surface area (Å²) in [5, 5.41) is 0.129. The standard InChI is InChI=1S/C14H13BrClFN2/c15-11-6-4-9(5-7-11)13(19-18)8-10-2-1-3-12(16)14(10)17/h1-7,13,19H,8,18H2. The van der Waals surface area contributed by atoms with E-state index in [0.717, 1.165) is 10.0 Å². The van der Waals surface area contributed by atoms with Gasteiger partial charge in [0, 0.05) is 4.47 Å². The van der Waals surface area contributed by atoms with Crippen molar-refractivity contribution < 1.29 is 4.39 Å². The van der Waals surface area contributed by atoms with Crippen molar-refractivity contribution in [3.8, 4) is 0 Å². The van der Waals surface area contributed by atoms with Gasteiger partial charge >= 0.3 is 0 Å². The molecule has 0 saturated carbocycles. The average Bonchev–Trinajstić information content (AvgIpc) is 2.42. The fraction of sp³-hybridized carbons (Fsp3) is 0.143. The van der Waals surface area contributed by atoms with Crippen molar-refractivity contribution in [1.29, 1.82) is 0 Å². The summed E-state index contributed by atoms with van der Waals surface area (Å²) in [6.45, 7) is 0. The van der Waals surface area contributed by atoms with Gasteiger partial charge < -0.3 is 0 Å². The average molecular weight is 344 g/mol. The molecule has 2 nitrogen and oxygen atoms in total. The molecule has 0 aromatic heterocycles. The molecule has 5 heteroatoms. The Labute approximate surface area is 124 Å². The molecule has 0 fully saturated rings. The third-order valence-electron chi connectivity index (χ3n) is 2.93. The van der Waals surface area contributed by atoms with E-state index in [4.69, 9.17) is 17.4 Å². The number of hydrazine groups is 1. The normalized spacial score (nSPS) is 12.4. The van der Waals surface area contributed by atoms with Crippen LogP contribution in [0.2, 0.25) is 5.02 Å². The first-order valence-corrected chi connectivity index (χ1v) is 6.93. The van der Waals surface area contributed by atoms with E-state index in [1.54, 1.807) is 12.1 Å². The third-order valence-corrected chi connectivity index (χ3v) is 3.75. The molecule has 0 aliphatic rings. The van der Waals surface area contributed by atoms with Gasteiger partial charge in [-0.15, -0.1) is 0 Å². The molecule has 0 bridgehead atoms. The maximum Gasteiger partial charge on any atom is 0.145 e.